The lowest BCUT2D eigenvalue weighted by atomic mass is 10.4. The summed E-state index contributed by atoms with van der Waals surface area (Å²) in [4.78, 5) is 0. The molecular formula is C4H11NSi. The van der Waals surface area contributed by atoms with Gasteiger partial charge >= 0.3 is 0 Å². The van der Waals surface area contributed by atoms with Gasteiger partial charge in [-0.25, -0.2) is 0 Å². The largest absolute Gasteiger partial charge is 0.317 e. The summed E-state index contributed by atoms with van der Waals surface area (Å²) in [7, 11) is 1.39. The lowest BCUT2D eigenvalue weighted by Gasteiger charge is -1.90. The lowest BCUT2D eigenvalue weighted by molar-refractivity contribution is 0.856. The van der Waals surface area contributed by atoms with E-state index in [0.717, 1.165) is 5.54 Å². The first kappa shape index (κ1) is 4.34. The van der Waals surface area contributed by atoms with Gasteiger partial charge in [-0.3, -0.25) is 0 Å². The molecule has 1 nitrogen and oxygen atoms in total. The van der Waals surface area contributed by atoms with Gasteiger partial charge in [0.25, 0.3) is 0 Å². The first-order valence-corrected chi connectivity index (χ1v) is 3.76. The van der Waals surface area contributed by atoms with Crippen LogP contribution < -0.4 is 5.32 Å². The third-order valence-electron chi connectivity index (χ3n) is 1.31. The predicted molar refractivity (Wildman–Crippen MR) is 31.2 cm³/mol. The maximum atomic E-state index is 3.31. The van der Waals surface area contributed by atoms with E-state index in [-0.39, 0.29) is 0 Å². The molecule has 0 bridgehead atoms. The Hall–Kier alpha value is 0.177. The molecule has 1 fully saturated rings. The van der Waals surface area contributed by atoms with Gasteiger partial charge in [0.05, 0.1) is 0 Å². The minimum absolute atomic E-state index is 1.07. The van der Waals surface area contributed by atoms with Gasteiger partial charge in [0.15, 0.2) is 0 Å². The van der Waals surface area contributed by atoms with E-state index in [2.05, 4.69) is 5.32 Å². The standard InChI is InChI=1S/C4H11NSi/c6-4-1-2-5-3-4/h4-5H,1-3H2,6H3/t4-/m0/s1. The van der Waals surface area contributed by atoms with Gasteiger partial charge in [-0.15, -0.1) is 0 Å². The summed E-state index contributed by atoms with van der Waals surface area (Å²) >= 11 is 0. The Labute approximate surface area is 41.5 Å². The van der Waals surface area contributed by atoms with Crippen LogP contribution >= 0.6 is 0 Å². The second kappa shape index (κ2) is 1.75. The number of rotatable bonds is 0. The second-order valence-electron chi connectivity index (χ2n) is 2.10. The van der Waals surface area contributed by atoms with Crippen molar-refractivity contribution in [2.75, 3.05) is 13.1 Å². The van der Waals surface area contributed by atoms with Gasteiger partial charge in [-0.2, -0.15) is 0 Å². The third kappa shape index (κ3) is 0.818. The second-order valence-corrected chi connectivity index (χ2v) is 3.73. The van der Waals surface area contributed by atoms with Crippen LogP contribution in [0.5, 0.6) is 0 Å². The van der Waals surface area contributed by atoms with Gasteiger partial charge < -0.3 is 5.32 Å². The molecule has 0 unspecified atom stereocenters. The summed E-state index contributed by atoms with van der Waals surface area (Å²) in [5, 5.41) is 3.31. The predicted octanol–water partition coefficient (Wildman–Crippen LogP) is -0.866. The fourth-order valence-electron chi connectivity index (χ4n) is 0.799. The van der Waals surface area contributed by atoms with Crippen LogP contribution in [0.2, 0.25) is 5.54 Å². The molecule has 1 N–H and O–H groups in total. The monoisotopic (exact) mass is 101 g/mol. The summed E-state index contributed by atoms with van der Waals surface area (Å²) < 4.78 is 0. The van der Waals surface area contributed by atoms with E-state index in [1.807, 2.05) is 0 Å². The van der Waals surface area contributed by atoms with Crippen LogP contribution in [0.25, 0.3) is 0 Å². The lowest BCUT2D eigenvalue weighted by Crippen LogP contribution is -2.05. The van der Waals surface area contributed by atoms with Crippen molar-refractivity contribution in [3.05, 3.63) is 0 Å². The first-order chi connectivity index (χ1) is 2.89. The number of hydrogen-bond acceptors (Lipinski definition) is 1. The molecular weight excluding hydrogens is 90.1 g/mol. The van der Waals surface area contributed by atoms with E-state index in [1.165, 1.54) is 29.8 Å². The van der Waals surface area contributed by atoms with E-state index in [4.69, 9.17) is 0 Å². The highest BCUT2D eigenvalue weighted by atomic mass is 28.1. The van der Waals surface area contributed by atoms with Crippen LogP contribution in [0.1, 0.15) is 6.42 Å². The van der Waals surface area contributed by atoms with Crippen LogP contribution in [0, 0.1) is 0 Å². The van der Waals surface area contributed by atoms with Crippen LogP contribution in [0.3, 0.4) is 0 Å². The molecule has 0 saturated carbocycles. The van der Waals surface area contributed by atoms with E-state index >= 15 is 0 Å². The maximum Gasteiger partial charge on any atom is 0.00840 e. The molecule has 2 heteroatoms. The van der Waals surface area contributed by atoms with E-state index in [1.54, 1.807) is 0 Å². The highest BCUT2D eigenvalue weighted by Gasteiger charge is 2.06. The average Bonchev–Trinajstić information content (AvgIpc) is 1.86. The Morgan fingerprint density at radius 1 is 1.67 bits per heavy atom. The van der Waals surface area contributed by atoms with Crippen LogP contribution in [-0.2, 0) is 0 Å². The molecule has 0 aliphatic carbocycles. The Morgan fingerprint density at radius 3 is 2.67 bits per heavy atom. The van der Waals surface area contributed by atoms with Gasteiger partial charge in [0, 0.05) is 10.2 Å². The van der Waals surface area contributed by atoms with Crippen molar-refractivity contribution in [2.45, 2.75) is 12.0 Å². The highest BCUT2D eigenvalue weighted by molar-refractivity contribution is 6.11. The van der Waals surface area contributed by atoms with E-state index in [0.29, 0.717) is 0 Å². The summed E-state index contributed by atoms with van der Waals surface area (Å²) in [6.07, 6.45) is 1.44. The zero-order valence-electron chi connectivity index (χ0n) is 4.20. The summed E-state index contributed by atoms with van der Waals surface area (Å²) in [6.45, 7) is 2.57. The van der Waals surface area contributed by atoms with Crippen LogP contribution in [0.15, 0.2) is 0 Å². The quantitative estimate of drug-likeness (QED) is 0.391. The van der Waals surface area contributed by atoms with Crippen molar-refractivity contribution in [1.29, 1.82) is 0 Å². The Morgan fingerprint density at radius 2 is 2.50 bits per heavy atom. The van der Waals surface area contributed by atoms with Crippen molar-refractivity contribution in [2.24, 2.45) is 0 Å². The SMILES string of the molecule is [SiH3][C@H]1CCNC1. The van der Waals surface area contributed by atoms with Crippen LogP contribution in [-0.4, -0.2) is 23.3 Å². The Kier molecular flexibility index (Phi) is 1.27. The van der Waals surface area contributed by atoms with Gasteiger partial charge in [-0.05, 0) is 25.1 Å². The molecule has 1 saturated heterocycles. The smallest absolute Gasteiger partial charge is 0.00840 e. The van der Waals surface area contributed by atoms with Crippen molar-refractivity contribution in [3.63, 3.8) is 0 Å². The van der Waals surface area contributed by atoms with Crippen LogP contribution in [0.4, 0.5) is 0 Å². The average molecular weight is 101 g/mol. The topological polar surface area (TPSA) is 12.0 Å². The van der Waals surface area contributed by atoms with Gasteiger partial charge in [-0.1, -0.05) is 0 Å². The van der Waals surface area contributed by atoms with Crippen molar-refractivity contribution >= 4 is 10.2 Å². The van der Waals surface area contributed by atoms with Crippen molar-refractivity contribution < 1.29 is 0 Å². The third-order valence-corrected chi connectivity index (χ3v) is 2.29. The van der Waals surface area contributed by atoms with E-state index < -0.39 is 0 Å². The number of hydrogen-bond donors (Lipinski definition) is 1. The molecule has 0 spiro atoms. The summed E-state index contributed by atoms with van der Waals surface area (Å²) in [6, 6.07) is 0. The van der Waals surface area contributed by atoms with Crippen molar-refractivity contribution in [1.82, 2.24) is 5.32 Å². The molecule has 1 aliphatic heterocycles. The molecule has 1 rings (SSSR count). The Balaban J connectivity index is 2.18. The molecule has 1 atom stereocenters. The zero-order valence-corrected chi connectivity index (χ0v) is 6.20. The minimum atomic E-state index is 1.07. The van der Waals surface area contributed by atoms with Gasteiger partial charge in [0.2, 0.25) is 0 Å². The molecule has 0 aromatic carbocycles. The summed E-state index contributed by atoms with van der Waals surface area (Å²) in [5.74, 6) is 0. The fraction of sp³-hybridized carbons (Fsp3) is 1.00. The van der Waals surface area contributed by atoms with Crippen molar-refractivity contribution in [3.8, 4) is 0 Å². The Bertz CT molecular complexity index is 40.8. The highest BCUT2D eigenvalue weighted by Crippen LogP contribution is 2.06. The molecule has 0 radical (unpaired) electrons. The molecule has 0 amide bonds. The first-order valence-electron chi connectivity index (χ1n) is 2.60. The maximum absolute atomic E-state index is 3.31. The molecule has 36 valence electrons. The number of nitrogens with one attached hydrogen (secondary N) is 1. The summed E-state index contributed by atoms with van der Waals surface area (Å²) in [5.41, 5.74) is 1.07. The fourth-order valence-corrected chi connectivity index (χ4v) is 1.38. The molecule has 1 aliphatic rings. The molecule has 6 heavy (non-hydrogen) atoms. The molecule has 0 aromatic rings. The minimum Gasteiger partial charge on any atom is -0.317 e. The zero-order chi connectivity index (χ0) is 4.41. The molecule has 0 aromatic heterocycles. The normalized spacial score (nSPS) is 35.0. The van der Waals surface area contributed by atoms with Gasteiger partial charge in [0.1, 0.15) is 0 Å². The van der Waals surface area contributed by atoms with E-state index in [9.17, 15) is 0 Å². The molecule has 1 heterocycles.